The van der Waals surface area contributed by atoms with E-state index in [1.165, 1.54) is 10.6 Å². The van der Waals surface area contributed by atoms with Gasteiger partial charge in [-0.3, -0.25) is 20.4 Å². The molecule has 1 fully saturated rings. The van der Waals surface area contributed by atoms with Crippen molar-refractivity contribution < 1.29 is 14.5 Å². The van der Waals surface area contributed by atoms with Crippen molar-refractivity contribution in [3.05, 3.63) is 58.3 Å². The van der Waals surface area contributed by atoms with Crippen LogP contribution in [0.15, 0.2) is 47.1 Å². The van der Waals surface area contributed by atoms with Crippen LogP contribution in [-0.4, -0.2) is 29.5 Å². The van der Waals surface area contributed by atoms with E-state index in [0.717, 1.165) is 19.4 Å². The van der Waals surface area contributed by atoms with Crippen molar-refractivity contribution >= 4 is 27.7 Å². The van der Waals surface area contributed by atoms with Gasteiger partial charge in [-0.05, 0) is 40.2 Å². The van der Waals surface area contributed by atoms with Gasteiger partial charge in [0.15, 0.2) is 6.54 Å². The molecule has 1 aromatic carbocycles. The van der Waals surface area contributed by atoms with E-state index >= 15 is 0 Å². The van der Waals surface area contributed by atoms with E-state index in [1.807, 2.05) is 25.4 Å². The van der Waals surface area contributed by atoms with E-state index in [1.54, 1.807) is 18.2 Å². The third-order valence-electron chi connectivity index (χ3n) is 4.65. The molecule has 1 aromatic heterocycles. The van der Waals surface area contributed by atoms with Crippen LogP contribution < -0.4 is 15.8 Å². The van der Waals surface area contributed by atoms with Gasteiger partial charge in [-0.15, -0.1) is 0 Å². The standard InChI is InChI=1S/C18H21BrN4O2/c1-22-10-4-8-15(22)16-9-5-11-23(16)12-17(24)20-21-18(25)13-6-2-3-7-14(13)19/h2-4,6-8,10,16H,5,9,11-12H2,1H3,(H,20,24)(H,21,25)/p+1/t16-/m0/s1. The maximum absolute atomic E-state index is 12.3. The largest absolute Gasteiger partial charge is 0.350 e. The SMILES string of the molecule is Cn1cccc1[C@@H]1CCC[NH+]1CC(=O)NNC(=O)c1ccccc1Br. The topological polar surface area (TPSA) is 67.6 Å². The highest BCUT2D eigenvalue weighted by Crippen LogP contribution is 2.18. The lowest BCUT2D eigenvalue weighted by molar-refractivity contribution is -0.911. The van der Waals surface area contributed by atoms with Crippen LogP contribution >= 0.6 is 15.9 Å². The number of hydrogen-bond donors (Lipinski definition) is 3. The normalized spacial score (nSPS) is 19.6. The second-order valence-corrected chi connectivity index (χ2v) is 7.16. The molecule has 0 radical (unpaired) electrons. The van der Waals surface area contributed by atoms with Crippen molar-refractivity contribution in [2.45, 2.75) is 18.9 Å². The summed E-state index contributed by atoms with van der Waals surface area (Å²) in [5.41, 5.74) is 6.75. The fourth-order valence-corrected chi connectivity index (χ4v) is 3.87. The van der Waals surface area contributed by atoms with Crippen LogP contribution in [-0.2, 0) is 11.8 Å². The molecule has 2 heterocycles. The molecular formula is C18H22BrN4O2+. The van der Waals surface area contributed by atoms with Crippen molar-refractivity contribution in [2.24, 2.45) is 7.05 Å². The van der Waals surface area contributed by atoms with E-state index in [2.05, 4.69) is 37.4 Å². The maximum Gasteiger partial charge on any atom is 0.293 e. The zero-order chi connectivity index (χ0) is 17.8. The Labute approximate surface area is 155 Å². The van der Waals surface area contributed by atoms with Crippen LogP contribution in [0.25, 0.3) is 0 Å². The summed E-state index contributed by atoms with van der Waals surface area (Å²) in [4.78, 5) is 25.6. The molecule has 25 heavy (non-hydrogen) atoms. The Kier molecular flexibility index (Phi) is 5.55. The molecule has 0 spiro atoms. The molecule has 3 rings (SSSR count). The van der Waals surface area contributed by atoms with E-state index in [4.69, 9.17) is 0 Å². The van der Waals surface area contributed by atoms with Crippen molar-refractivity contribution in [1.82, 2.24) is 15.4 Å². The second kappa shape index (κ2) is 7.84. The van der Waals surface area contributed by atoms with Crippen LogP contribution in [0.3, 0.4) is 0 Å². The lowest BCUT2D eigenvalue weighted by Crippen LogP contribution is -3.11. The highest BCUT2D eigenvalue weighted by molar-refractivity contribution is 9.10. The maximum atomic E-state index is 12.3. The van der Waals surface area contributed by atoms with E-state index in [-0.39, 0.29) is 11.8 Å². The summed E-state index contributed by atoms with van der Waals surface area (Å²) < 4.78 is 2.80. The number of halogens is 1. The molecule has 2 amide bonds. The Morgan fingerprint density at radius 3 is 2.76 bits per heavy atom. The predicted molar refractivity (Wildman–Crippen MR) is 97.8 cm³/mol. The highest BCUT2D eigenvalue weighted by Gasteiger charge is 2.33. The number of carbonyl (C=O) groups excluding carboxylic acids is 2. The van der Waals surface area contributed by atoms with Crippen LogP contribution in [0.5, 0.6) is 0 Å². The van der Waals surface area contributed by atoms with Crippen LogP contribution in [0, 0.1) is 0 Å². The number of rotatable bonds is 4. The van der Waals surface area contributed by atoms with Gasteiger partial charge >= 0.3 is 0 Å². The van der Waals surface area contributed by atoms with E-state index in [0.29, 0.717) is 22.6 Å². The second-order valence-electron chi connectivity index (χ2n) is 6.31. The lowest BCUT2D eigenvalue weighted by atomic mass is 10.1. The van der Waals surface area contributed by atoms with Gasteiger partial charge in [0, 0.05) is 30.6 Å². The quantitative estimate of drug-likeness (QED) is 0.663. The molecule has 3 N–H and O–H groups in total. The minimum Gasteiger partial charge on any atom is -0.350 e. The Morgan fingerprint density at radius 1 is 1.24 bits per heavy atom. The molecule has 132 valence electrons. The van der Waals surface area contributed by atoms with Crippen LogP contribution in [0.2, 0.25) is 0 Å². The van der Waals surface area contributed by atoms with Crippen molar-refractivity contribution in [2.75, 3.05) is 13.1 Å². The summed E-state index contributed by atoms with van der Waals surface area (Å²) in [5.74, 6) is -0.521. The first-order chi connectivity index (χ1) is 12.1. The molecule has 7 heteroatoms. The number of hydrazine groups is 1. The average Bonchev–Trinajstić information content (AvgIpc) is 3.21. The average molecular weight is 406 g/mol. The number of likely N-dealkylation sites (tertiary alicyclic amines) is 1. The highest BCUT2D eigenvalue weighted by atomic mass is 79.9. The molecule has 1 aliphatic rings. The lowest BCUT2D eigenvalue weighted by Gasteiger charge is -2.21. The first-order valence-corrected chi connectivity index (χ1v) is 9.15. The number of quaternary nitrogens is 1. The smallest absolute Gasteiger partial charge is 0.293 e. The summed E-state index contributed by atoms with van der Waals surface area (Å²) in [6.45, 7) is 1.30. The van der Waals surface area contributed by atoms with Crippen molar-refractivity contribution in [3.63, 3.8) is 0 Å². The molecule has 0 aliphatic carbocycles. The number of amides is 2. The summed E-state index contributed by atoms with van der Waals surface area (Å²) >= 11 is 3.33. The fourth-order valence-electron chi connectivity index (χ4n) is 3.41. The number of benzene rings is 1. The van der Waals surface area contributed by atoms with Gasteiger partial charge in [0.25, 0.3) is 11.8 Å². The van der Waals surface area contributed by atoms with Crippen molar-refractivity contribution in [3.8, 4) is 0 Å². The van der Waals surface area contributed by atoms with Gasteiger partial charge in [0.1, 0.15) is 6.04 Å². The summed E-state index contributed by atoms with van der Waals surface area (Å²) in [6, 6.07) is 11.6. The first-order valence-electron chi connectivity index (χ1n) is 8.36. The molecule has 1 saturated heterocycles. The van der Waals surface area contributed by atoms with Gasteiger partial charge in [0.05, 0.1) is 17.8 Å². The number of carbonyl (C=O) groups is 2. The van der Waals surface area contributed by atoms with Crippen LogP contribution in [0.1, 0.15) is 34.9 Å². The Balaban J connectivity index is 1.55. The number of aromatic nitrogens is 1. The summed E-state index contributed by atoms with van der Waals surface area (Å²) in [6.07, 6.45) is 4.20. The molecule has 1 unspecified atom stereocenters. The number of nitrogens with one attached hydrogen (secondary N) is 3. The minimum atomic E-state index is -0.337. The number of hydrogen-bond acceptors (Lipinski definition) is 2. The molecule has 2 atom stereocenters. The zero-order valence-corrected chi connectivity index (χ0v) is 15.7. The first kappa shape index (κ1) is 17.7. The molecule has 2 aromatic rings. The van der Waals surface area contributed by atoms with Crippen LogP contribution in [0.4, 0.5) is 0 Å². The molecule has 6 nitrogen and oxygen atoms in total. The Morgan fingerprint density at radius 2 is 2.04 bits per heavy atom. The van der Waals surface area contributed by atoms with Gasteiger partial charge in [-0.25, -0.2) is 0 Å². The number of aryl methyl sites for hydroxylation is 1. The third-order valence-corrected chi connectivity index (χ3v) is 5.34. The van der Waals surface area contributed by atoms with E-state index in [9.17, 15) is 9.59 Å². The number of nitrogens with zero attached hydrogens (tertiary/aromatic N) is 1. The van der Waals surface area contributed by atoms with Gasteiger partial charge in [-0.2, -0.15) is 0 Å². The molecular weight excluding hydrogens is 384 g/mol. The van der Waals surface area contributed by atoms with E-state index < -0.39 is 0 Å². The predicted octanol–water partition coefficient (Wildman–Crippen LogP) is 0.969. The Hall–Kier alpha value is -2.12. The van der Waals surface area contributed by atoms with Gasteiger partial charge < -0.3 is 9.47 Å². The Bertz CT molecular complexity index is 774. The monoisotopic (exact) mass is 405 g/mol. The summed E-state index contributed by atoms with van der Waals surface area (Å²) in [5, 5.41) is 0. The zero-order valence-electron chi connectivity index (χ0n) is 14.1. The summed E-state index contributed by atoms with van der Waals surface area (Å²) in [7, 11) is 2.03. The minimum absolute atomic E-state index is 0.184. The molecule has 0 saturated carbocycles. The fraction of sp³-hybridized carbons (Fsp3) is 0.333. The van der Waals surface area contributed by atoms with Gasteiger partial charge in [0.2, 0.25) is 0 Å². The van der Waals surface area contributed by atoms with Crippen molar-refractivity contribution in [1.29, 1.82) is 0 Å². The molecule has 1 aliphatic heterocycles. The van der Waals surface area contributed by atoms with Gasteiger partial charge in [-0.1, -0.05) is 12.1 Å². The third kappa shape index (κ3) is 4.11. The molecule has 0 bridgehead atoms.